The molecule has 1 aromatic rings. The minimum atomic E-state index is 0.438. The summed E-state index contributed by atoms with van der Waals surface area (Å²) in [4.78, 5) is 4.79. The minimum Gasteiger partial charge on any atom is -0.371 e. The first kappa shape index (κ1) is 14.4. The van der Waals surface area contributed by atoms with Crippen molar-refractivity contribution in [2.24, 2.45) is 0 Å². The summed E-state index contributed by atoms with van der Waals surface area (Å²) in [6.07, 6.45) is 2.43. The molecule has 1 aliphatic heterocycles. The van der Waals surface area contributed by atoms with Crippen molar-refractivity contribution >= 4 is 5.69 Å². The number of benzene rings is 1. The molecule has 2 rings (SSSR count). The van der Waals surface area contributed by atoms with Gasteiger partial charge in [0.25, 0.3) is 0 Å². The Kier molecular flexibility index (Phi) is 4.83. The van der Waals surface area contributed by atoms with E-state index >= 15 is 0 Å². The number of nitrogens with zero attached hydrogens (tertiary/aromatic N) is 2. The highest BCUT2D eigenvalue weighted by Gasteiger charge is 2.19. The molecule has 0 fully saturated rings. The molecule has 0 amide bonds. The van der Waals surface area contributed by atoms with Gasteiger partial charge in [0.1, 0.15) is 0 Å². The number of fused-ring (bicyclic) bond motifs is 1. The largest absolute Gasteiger partial charge is 0.371 e. The number of anilines is 1. The Balaban J connectivity index is 2.00. The number of rotatable bonds is 6. The van der Waals surface area contributed by atoms with Crippen LogP contribution in [0.25, 0.3) is 0 Å². The van der Waals surface area contributed by atoms with Crippen molar-refractivity contribution in [3.63, 3.8) is 0 Å². The number of hydrogen-bond donors (Lipinski definition) is 1. The van der Waals surface area contributed by atoms with E-state index in [0.29, 0.717) is 6.04 Å². The lowest BCUT2D eigenvalue weighted by molar-refractivity contribution is 0.401. The van der Waals surface area contributed by atoms with Gasteiger partial charge in [-0.25, -0.2) is 0 Å². The van der Waals surface area contributed by atoms with E-state index in [9.17, 15) is 0 Å². The quantitative estimate of drug-likeness (QED) is 0.847. The molecule has 1 atom stereocenters. The summed E-state index contributed by atoms with van der Waals surface area (Å²) in [5.74, 6) is 0. The van der Waals surface area contributed by atoms with Crippen molar-refractivity contribution in [2.75, 3.05) is 45.7 Å². The fourth-order valence-electron chi connectivity index (χ4n) is 2.74. The third-order valence-corrected chi connectivity index (χ3v) is 4.06. The van der Waals surface area contributed by atoms with E-state index in [1.165, 1.54) is 49.3 Å². The van der Waals surface area contributed by atoms with Crippen molar-refractivity contribution in [1.29, 1.82) is 0 Å². The predicted octanol–water partition coefficient (Wildman–Crippen LogP) is 2.28. The maximum atomic E-state index is 3.31. The Morgan fingerprint density at radius 3 is 2.84 bits per heavy atom. The summed E-state index contributed by atoms with van der Waals surface area (Å²) in [6.45, 7) is 5.73. The van der Waals surface area contributed by atoms with Crippen molar-refractivity contribution < 1.29 is 0 Å². The lowest BCUT2D eigenvalue weighted by atomic mass is 10.0. The van der Waals surface area contributed by atoms with Gasteiger partial charge >= 0.3 is 0 Å². The second kappa shape index (κ2) is 6.40. The van der Waals surface area contributed by atoms with Crippen LogP contribution in [0.1, 0.15) is 30.5 Å². The molecular formula is C16H27N3. The summed E-state index contributed by atoms with van der Waals surface area (Å²) >= 11 is 0. The molecule has 0 spiro atoms. The number of nitrogens with one attached hydrogen (secondary N) is 1. The standard InChI is InChI=1S/C16H27N3/c1-13(17-2)14-6-7-16-15(12-14)8-11-19(16)10-5-9-18(3)4/h6-7,12-13,17H,5,8-11H2,1-4H3. The molecule has 0 saturated carbocycles. The minimum absolute atomic E-state index is 0.438. The normalized spacial score (nSPS) is 15.9. The van der Waals surface area contributed by atoms with Gasteiger partial charge in [-0.2, -0.15) is 0 Å². The Morgan fingerprint density at radius 2 is 2.16 bits per heavy atom. The molecule has 1 aliphatic rings. The molecule has 1 unspecified atom stereocenters. The highest BCUT2D eigenvalue weighted by Crippen LogP contribution is 2.30. The van der Waals surface area contributed by atoms with E-state index < -0.39 is 0 Å². The Hall–Kier alpha value is -1.06. The first-order valence-electron chi connectivity index (χ1n) is 7.31. The molecule has 3 heteroatoms. The van der Waals surface area contributed by atoms with Gasteiger partial charge in [0.15, 0.2) is 0 Å². The molecule has 0 saturated heterocycles. The van der Waals surface area contributed by atoms with Gasteiger partial charge in [-0.1, -0.05) is 12.1 Å². The zero-order valence-electron chi connectivity index (χ0n) is 12.7. The highest BCUT2D eigenvalue weighted by atomic mass is 15.2. The van der Waals surface area contributed by atoms with Crippen LogP contribution >= 0.6 is 0 Å². The van der Waals surface area contributed by atoms with Gasteiger partial charge in [-0.3, -0.25) is 0 Å². The fourth-order valence-corrected chi connectivity index (χ4v) is 2.74. The third-order valence-electron chi connectivity index (χ3n) is 4.06. The van der Waals surface area contributed by atoms with Gasteiger partial charge < -0.3 is 15.1 Å². The lowest BCUT2D eigenvalue weighted by Gasteiger charge is -2.21. The second-order valence-electron chi connectivity index (χ2n) is 5.79. The summed E-state index contributed by atoms with van der Waals surface area (Å²) in [5, 5.41) is 3.31. The Bertz CT molecular complexity index is 414. The van der Waals surface area contributed by atoms with Crippen LogP contribution in [-0.2, 0) is 6.42 Å². The van der Waals surface area contributed by atoms with Crippen LogP contribution in [0.15, 0.2) is 18.2 Å². The van der Waals surface area contributed by atoms with Gasteiger partial charge in [-0.15, -0.1) is 0 Å². The summed E-state index contributed by atoms with van der Waals surface area (Å²) < 4.78 is 0. The van der Waals surface area contributed by atoms with Gasteiger partial charge in [0, 0.05) is 24.8 Å². The Labute approximate surface area is 117 Å². The maximum Gasteiger partial charge on any atom is 0.0399 e. The number of hydrogen-bond acceptors (Lipinski definition) is 3. The van der Waals surface area contributed by atoms with Crippen LogP contribution in [0.3, 0.4) is 0 Å². The lowest BCUT2D eigenvalue weighted by Crippen LogP contribution is -2.25. The summed E-state index contributed by atoms with van der Waals surface area (Å²) in [6, 6.07) is 7.39. The van der Waals surface area contributed by atoms with Gasteiger partial charge in [0.2, 0.25) is 0 Å². The van der Waals surface area contributed by atoms with E-state index in [2.05, 4.69) is 54.3 Å². The third kappa shape index (κ3) is 3.48. The molecule has 0 aliphatic carbocycles. The van der Waals surface area contributed by atoms with E-state index in [0.717, 1.165) is 0 Å². The molecule has 1 N–H and O–H groups in total. The zero-order chi connectivity index (χ0) is 13.8. The van der Waals surface area contributed by atoms with E-state index in [1.54, 1.807) is 0 Å². The predicted molar refractivity (Wildman–Crippen MR) is 83.0 cm³/mol. The van der Waals surface area contributed by atoms with Crippen molar-refractivity contribution in [1.82, 2.24) is 10.2 Å². The molecule has 106 valence electrons. The first-order chi connectivity index (χ1) is 9.11. The second-order valence-corrected chi connectivity index (χ2v) is 5.79. The SMILES string of the molecule is CNC(C)c1ccc2c(c1)CCN2CCCN(C)C. The van der Waals surface area contributed by atoms with E-state index in [-0.39, 0.29) is 0 Å². The fraction of sp³-hybridized carbons (Fsp3) is 0.625. The van der Waals surface area contributed by atoms with Crippen molar-refractivity contribution in [3.8, 4) is 0 Å². The molecule has 1 heterocycles. The molecular weight excluding hydrogens is 234 g/mol. The van der Waals surface area contributed by atoms with Gasteiger partial charge in [-0.05, 0) is 64.6 Å². The van der Waals surface area contributed by atoms with Crippen LogP contribution in [0, 0.1) is 0 Å². The van der Waals surface area contributed by atoms with Crippen LogP contribution in [-0.4, -0.2) is 45.7 Å². The van der Waals surface area contributed by atoms with Gasteiger partial charge in [0.05, 0.1) is 0 Å². The topological polar surface area (TPSA) is 18.5 Å². The average Bonchev–Trinajstić information content (AvgIpc) is 2.80. The molecule has 19 heavy (non-hydrogen) atoms. The monoisotopic (exact) mass is 261 g/mol. The molecule has 0 bridgehead atoms. The molecule has 0 radical (unpaired) electrons. The van der Waals surface area contributed by atoms with Crippen LogP contribution in [0.2, 0.25) is 0 Å². The van der Waals surface area contributed by atoms with Crippen LogP contribution in [0.5, 0.6) is 0 Å². The first-order valence-corrected chi connectivity index (χ1v) is 7.31. The smallest absolute Gasteiger partial charge is 0.0399 e. The van der Waals surface area contributed by atoms with Crippen LogP contribution < -0.4 is 10.2 Å². The molecule has 0 aromatic heterocycles. The van der Waals surface area contributed by atoms with E-state index in [4.69, 9.17) is 0 Å². The van der Waals surface area contributed by atoms with E-state index in [1.807, 2.05) is 7.05 Å². The summed E-state index contributed by atoms with van der Waals surface area (Å²) in [5.41, 5.74) is 4.37. The van der Waals surface area contributed by atoms with Crippen molar-refractivity contribution in [2.45, 2.75) is 25.8 Å². The zero-order valence-corrected chi connectivity index (χ0v) is 12.7. The maximum absolute atomic E-state index is 3.31. The highest BCUT2D eigenvalue weighted by molar-refractivity contribution is 5.59. The molecule has 1 aromatic carbocycles. The van der Waals surface area contributed by atoms with Crippen molar-refractivity contribution in [3.05, 3.63) is 29.3 Å². The Morgan fingerprint density at radius 1 is 1.37 bits per heavy atom. The summed E-state index contributed by atoms with van der Waals surface area (Å²) in [7, 11) is 6.30. The molecule has 3 nitrogen and oxygen atoms in total. The van der Waals surface area contributed by atoms with Crippen LogP contribution in [0.4, 0.5) is 5.69 Å². The average molecular weight is 261 g/mol.